The minimum atomic E-state index is -3.67. The summed E-state index contributed by atoms with van der Waals surface area (Å²) in [5, 5.41) is -0.663. The second kappa shape index (κ2) is 5.36. The van der Waals surface area contributed by atoms with E-state index >= 15 is 0 Å². The molecule has 0 aliphatic heterocycles. The number of carbonyl (C=O) groups excluding carboxylic acids is 1. The molecule has 7 nitrogen and oxygen atoms in total. The monoisotopic (exact) mass is 311 g/mol. The molecule has 0 amide bonds. The molecule has 0 saturated carbocycles. The Morgan fingerprint density at radius 3 is 2.67 bits per heavy atom. The van der Waals surface area contributed by atoms with Crippen LogP contribution in [0.1, 0.15) is 31.1 Å². The molecule has 0 radical (unpaired) electrons. The second-order valence-corrected chi connectivity index (χ2v) is 7.09. The molecule has 114 valence electrons. The minimum absolute atomic E-state index is 0.125. The zero-order chi connectivity index (χ0) is 15.8. The van der Waals surface area contributed by atoms with Crippen molar-refractivity contribution >= 4 is 33.0 Å². The van der Waals surface area contributed by atoms with E-state index < -0.39 is 21.2 Å². The topological polar surface area (TPSA) is 104 Å². The summed E-state index contributed by atoms with van der Waals surface area (Å²) >= 11 is 0. The van der Waals surface area contributed by atoms with E-state index in [1.807, 2.05) is 0 Å². The molecule has 2 N–H and O–H groups in total. The van der Waals surface area contributed by atoms with Gasteiger partial charge in [0.25, 0.3) is 0 Å². The number of esters is 1. The molecule has 0 atom stereocenters. The zero-order valence-corrected chi connectivity index (χ0v) is 12.8. The van der Waals surface area contributed by atoms with Gasteiger partial charge in [0.15, 0.2) is 0 Å². The van der Waals surface area contributed by atoms with Gasteiger partial charge in [-0.05, 0) is 39.0 Å². The van der Waals surface area contributed by atoms with Crippen molar-refractivity contribution in [3.05, 3.63) is 23.8 Å². The van der Waals surface area contributed by atoms with Crippen LogP contribution in [0.15, 0.2) is 18.2 Å². The van der Waals surface area contributed by atoms with Gasteiger partial charge in [0, 0.05) is 0 Å². The average molecular weight is 311 g/mol. The van der Waals surface area contributed by atoms with Crippen molar-refractivity contribution in [2.45, 2.75) is 26.0 Å². The molecule has 0 spiro atoms. The summed E-state index contributed by atoms with van der Waals surface area (Å²) in [6.07, 6.45) is 0. The van der Waals surface area contributed by atoms with Crippen LogP contribution in [0.4, 0.5) is 5.95 Å². The molecule has 8 heteroatoms. The van der Waals surface area contributed by atoms with Crippen LogP contribution in [0.2, 0.25) is 0 Å². The maximum absolute atomic E-state index is 12.4. The molecular weight excluding hydrogens is 294 g/mol. The maximum atomic E-state index is 12.4. The molecule has 0 saturated heterocycles. The van der Waals surface area contributed by atoms with Crippen LogP contribution in [-0.2, 0) is 14.8 Å². The Morgan fingerprint density at radius 1 is 1.43 bits per heavy atom. The summed E-state index contributed by atoms with van der Waals surface area (Å²) in [6.45, 7) is 5.04. The van der Waals surface area contributed by atoms with Crippen molar-refractivity contribution in [1.82, 2.24) is 8.96 Å². The largest absolute Gasteiger partial charge is 0.462 e. The first-order valence-electron chi connectivity index (χ1n) is 6.48. The molecule has 0 aliphatic rings. The Kier molecular flexibility index (Phi) is 3.91. The molecule has 2 rings (SSSR count). The number of nitrogen functional groups attached to an aromatic ring is 1. The number of carbonyl (C=O) groups is 1. The fourth-order valence-electron chi connectivity index (χ4n) is 1.89. The third-order valence-corrected chi connectivity index (χ3v) is 5.08. The summed E-state index contributed by atoms with van der Waals surface area (Å²) in [5.74, 6) is -0.646. The van der Waals surface area contributed by atoms with Gasteiger partial charge >= 0.3 is 5.97 Å². The van der Waals surface area contributed by atoms with Gasteiger partial charge in [0.2, 0.25) is 16.0 Å². The Bertz CT molecular complexity index is 793. The summed E-state index contributed by atoms with van der Waals surface area (Å²) < 4.78 is 30.6. The number of benzene rings is 1. The van der Waals surface area contributed by atoms with Crippen LogP contribution in [0.5, 0.6) is 0 Å². The Labute approximate surface area is 122 Å². The highest BCUT2D eigenvalue weighted by Crippen LogP contribution is 2.23. The highest BCUT2D eigenvalue weighted by Gasteiger charge is 2.25. The van der Waals surface area contributed by atoms with Crippen LogP contribution in [0.3, 0.4) is 0 Å². The van der Waals surface area contributed by atoms with E-state index in [-0.39, 0.29) is 23.6 Å². The van der Waals surface area contributed by atoms with Crippen LogP contribution < -0.4 is 5.73 Å². The quantitative estimate of drug-likeness (QED) is 0.855. The molecule has 2 aromatic rings. The smallest absolute Gasteiger partial charge is 0.338 e. The zero-order valence-electron chi connectivity index (χ0n) is 12.0. The number of ether oxygens (including phenoxy) is 1. The normalized spacial score (nSPS) is 12.0. The lowest BCUT2D eigenvalue weighted by atomic mass is 10.2. The van der Waals surface area contributed by atoms with Gasteiger partial charge < -0.3 is 10.5 Å². The van der Waals surface area contributed by atoms with Crippen LogP contribution in [0.25, 0.3) is 11.0 Å². The molecule has 0 fully saturated rings. The molecule has 0 unspecified atom stereocenters. The van der Waals surface area contributed by atoms with Crippen molar-refractivity contribution in [3.63, 3.8) is 0 Å². The third kappa shape index (κ3) is 2.58. The molecule has 21 heavy (non-hydrogen) atoms. The molecule has 0 aliphatic carbocycles. The predicted molar refractivity (Wildman–Crippen MR) is 79.6 cm³/mol. The van der Waals surface area contributed by atoms with Gasteiger partial charge in [-0.1, -0.05) is 0 Å². The standard InChI is InChI=1S/C13H17N3O4S/c1-4-20-12(17)9-5-6-10-11(7-9)16(13(14)15-10)21(18,19)8(2)3/h5-8H,4H2,1-3H3,(H2,14,15). The van der Waals surface area contributed by atoms with Crippen molar-refractivity contribution in [1.29, 1.82) is 0 Å². The number of anilines is 1. The second-order valence-electron chi connectivity index (χ2n) is 4.75. The van der Waals surface area contributed by atoms with E-state index in [0.717, 1.165) is 3.97 Å². The van der Waals surface area contributed by atoms with E-state index in [9.17, 15) is 13.2 Å². The fraction of sp³-hybridized carbons (Fsp3) is 0.385. The van der Waals surface area contributed by atoms with E-state index in [4.69, 9.17) is 10.5 Å². The third-order valence-electron chi connectivity index (χ3n) is 3.00. The minimum Gasteiger partial charge on any atom is -0.462 e. The molecule has 0 bridgehead atoms. The first-order chi connectivity index (χ1) is 9.78. The number of hydrogen-bond acceptors (Lipinski definition) is 6. The lowest BCUT2D eigenvalue weighted by Crippen LogP contribution is -2.23. The van der Waals surface area contributed by atoms with E-state index in [2.05, 4.69) is 4.98 Å². The maximum Gasteiger partial charge on any atom is 0.338 e. The lowest BCUT2D eigenvalue weighted by molar-refractivity contribution is 0.0526. The van der Waals surface area contributed by atoms with Crippen molar-refractivity contribution in [2.75, 3.05) is 12.3 Å². The molecule has 1 aromatic heterocycles. The van der Waals surface area contributed by atoms with E-state index in [1.165, 1.54) is 12.1 Å². The highest BCUT2D eigenvalue weighted by molar-refractivity contribution is 7.90. The first kappa shape index (κ1) is 15.3. The van der Waals surface area contributed by atoms with E-state index in [1.54, 1.807) is 26.8 Å². The summed E-state index contributed by atoms with van der Waals surface area (Å²) in [7, 11) is -3.67. The number of nitrogens with two attached hydrogens (primary N) is 1. The van der Waals surface area contributed by atoms with Gasteiger partial charge in [0.05, 0.1) is 28.5 Å². The first-order valence-corrected chi connectivity index (χ1v) is 7.98. The Balaban J connectivity index is 2.69. The Morgan fingerprint density at radius 2 is 2.10 bits per heavy atom. The summed E-state index contributed by atoms with van der Waals surface area (Å²) in [6, 6.07) is 4.50. The van der Waals surface area contributed by atoms with Crippen molar-refractivity contribution < 1.29 is 17.9 Å². The molecule has 1 aromatic carbocycles. The number of rotatable bonds is 4. The number of imidazole rings is 1. The summed E-state index contributed by atoms with van der Waals surface area (Å²) in [5.41, 5.74) is 6.65. The molecular formula is C13H17N3O4S. The fourth-order valence-corrected chi connectivity index (χ4v) is 3.04. The Hall–Kier alpha value is -2.09. The summed E-state index contributed by atoms with van der Waals surface area (Å²) in [4.78, 5) is 15.8. The van der Waals surface area contributed by atoms with Crippen molar-refractivity contribution in [2.24, 2.45) is 0 Å². The van der Waals surface area contributed by atoms with Gasteiger partial charge in [-0.3, -0.25) is 0 Å². The van der Waals surface area contributed by atoms with Crippen LogP contribution in [-0.4, -0.2) is 35.2 Å². The number of nitrogens with zero attached hydrogens (tertiary/aromatic N) is 2. The number of aromatic nitrogens is 2. The van der Waals surface area contributed by atoms with Gasteiger partial charge in [-0.2, -0.15) is 0 Å². The van der Waals surface area contributed by atoms with E-state index in [0.29, 0.717) is 5.52 Å². The number of hydrogen-bond donors (Lipinski definition) is 1. The highest BCUT2D eigenvalue weighted by atomic mass is 32.2. The van der Waals surface area contributed by atoms with Gasteiger partial charge in [-0.25, -0.2) is 22.2 Å². The SMILES string of the molecule is CCOC(=O)c1ccc2nc(N)n(S(=O)(=O)C(C)C)c2c1. The van der Waals surface area contributed by atoms with Crippen LogP contribution >= 0.6 is 0 Å². The van der Waals surface area contributed by atoms with Crippen LogP contribution in [0, 0.1) is 0 Å². The average Bonchev–Trinajstić information content (AvgIpc) is 2.74. The van der Waals surface area contributed by atoms with Gasteiger partial charge in [0.1, 0.15) is 0 Å². The van der Waals surface area contributed by atoms with Gasteiger partial charge in [-0.15, -0.1) is 0 Å². The van der Waals surface area contributed by atoms with Crippen molar-refractivity contribution in [3.8, 4) is 0 Å². The predicted octanol–water partition coefficient (Wildman–Crippen LogP) is 1.38. The lowest BCUT2D eigenvalue weighted by Gasteiger charge is -2.11. The molecule has 1 heterocycles. The number of fused-ring (bicyclic) bond motifs is 1.